The van der Waals surface area contributed by atoms with E-state index < -0.39 is 0 Å². The highest BCUT2D eigenvalue weighted by Crippen LogP contribution is 2.27. The highest BCUT2D eigenvalue weighted by molar-refractivity contribution is 7.99. The molecule has 6 heteroatoms. The van der Waals surface area contributed by atoms with Crippen LogP contribution in [0, 0.1) is 0 Å². The average molecular weight is 283 g/mol. The van der Waals surface area contributed by atoms with Gasteiger partial charge in [0.1, 0.15) is 5.03 Å². The monoisotopic (exact) mass is 283 g/mol. The molecule has 0 bridgehead atoms. The van der Waals surface area contributed by atoms with Gasteiger partial charge in [0.05, 0.1) is 0 Å². The summed E-state index contributed by atoms with van der Waals surface area (Å²) in [5.74, 6) is 0.855. The van der Waals surface area contributed by atoms with Crippen molar-refractivity contribution in [1.82, 2.24) is 24.7 Å². The molecule has 0 aliphatic heterocycles. The van der Waals surface area contributed by atoms with Gasteiger partial charge in [0.2, 0.25) is 0 Å². The molecule has 0 amide bonds. The van der Waals surface area contributed by atoms with Gasteiger partial charge in [-0.3, -0.25) is 4.98 Å². The van der Waals surface area contributed by atoms with Crippen LogP contribution < -0.4 is 0 Å². The van der Waals surface area contributed by atoms with Gasteiger partial charge in [0, 0.05) is 30.7 Å². The van der Waals surface area contributed by atoms with E-state index in [0.717, 1.165) is 28.1 Å². The van der Waals surface area contributed by atoms with Crippen molar-refractivity contribution in [2.45, 2.75) is 23.7 Å². The lowest BCUT2D eigenvalue weighted by Crippen LogP contribution is -1.99. The van der Waals surface area contributed by atoms with Crippen LogP contribution in [0.15, 0.2) is 59.1 Å². The molecule has 0 spiro atoms. The molecule has 0 aliphatic rings. The Bertz CT molecular complexity index is 681. The maximum atomic E-state index is 4.30. The number of rotatable bonds is 4. The minimum Gasteiger partial charge on any atom is -0.302 e. The SMILES string of the molecule is CCn1c(Sc2ccccn2)nnc1-c1ccncc1. The summed E-state index contributed by atoms with van der Waals surface area (Å²) in [5, 5.41) is 10.3. The molecule has 3 heterocycles. The van der Waals surface area contributed by atoms with Crippen LogP contribution in [0.25, 0.3) is 11.4 Å². The Morgan fingerprint density at radius 2 is 1.90 bits per heavy atom. The van der Waals surface area contributed by atoms with Gasteiger partial charge in [0.25, 0.3) is 0 Å². The second-order valence-corrected chi connectivity index (χ2v) is 5.04. The molecule has 3 aromatic heterocycles. The molecule has 3 rings (SSSR count). The number of pyridine rings is 2. The minimum atomic E-state index is 0.805. The zero-order chi connectivity index (χ0) is 13.8. The Balaban J connectivity index is 1.96. The molecule has 20 heavy (non-hydrogen) atoms. The van der Waals surface area contributed by atoms with Crippen molar-refractivity contribution in [2.24, 2.45) is 0 Å². The van der Waals surface area contributed by atoms with E-state index in [4.69, 9.17) is 0 Å². The molecule has 0 saturated carbocycles. The van der Waals surface area contributed by atoms with Gasteiger partial charge in [-0.15, -0.1) is 10.2 Å². The van der Waals surface area contributed by atoms with Crippen LogP contribution >= 0.6 is 11.8 Å². The van der Waals surface area contributed by atoms with Crippen molar-refractivity contribution >= 4 is 11.8 Å². The molecular formula is C14H13N5S. The third kappa shape index (κ3) is 2.55. The fraction of sp³-hybridized carbons (Fsp3) is 0.143. The van der Waals surface area contributed by atoms with Crippen molar-refractivity contribution in [3.05, 3.63) is 48.9 Å². The molecule has 0 unspecified atom stereocenters. The van der Waals surface area contributed by atoms with Crippen LogP contribution in [-0.4, -0.2) is 24.7 Å². The molecule has 3 aromatic rings. The second kappa shape index (κ2) is 5.83. The van der Waals surface area contributed by atoms with Gasteiger partial charge in [-0.2, -0.15) is 0 Å². The summed E-state index contributed by atoms with van der Waals surface area (Å²) in [5.41, 5.74) is 1.02. The molecule has 0 aliphatic carbocycles. The zero-order valence-electron chi connectivity index (χ0n) is 11.0. The van der Waals surface area contributed by atoms with Gasteiger partial charge in [-0.1, -0.05) is 6.07 Å². The molecule has 0 saturated heterocycles. The third-order valence-corrected chi connectivity index (χ3v) is 3.74. The molecule has 0 fully saturated rings. The predicted molar refractivity (Wildman–Crippen MR) is 77.3 cm³/mol. The average Bonchev–Trinajstić information content (AvgIpc) is 2.92. The van der Waals surface area contributed by atoms with Gasteiger partial charge in [-0.05, 0) is 43.0 Å². The van der Waals surface area contributed by atoms with Crippen molar-refractivity contribution in [3.63, 3.8) is 0 Å². The number of aromatic nitrogens is 5. The van der Waals surface area contributed by atoms with E-state index in [1.54, 1.807) is 18.6 Å². The first kappa shape index (κ1) is 12.8. The zero-order valence-corrected chi connectivity index (χ0v) is 11.8. The summed E-state index contributed by atoms with van der Waals surface area (Å²) in [7, 11) is 0. The van der Waals surface area contributed by atoms with Gasteiger partial charge in [-0.25, -0.2) is 4.98 Å². The van der Waals surface area contributed by atoms with E-state index in [1.807, 2.05) is 30.3 Å². The first-order chi connectivity index (χ1) is 9.88. The normalized spacial score (nSPS) is 10.7. The Hall–Kier alpha value is -2.21. The molecule has 100 valence electrons. The smallest absolute Gasteiger partial charge is 0.197 e. The van der Waals surface area contributed by atoms with Crippen molar-refractivity contribution in [3.8, 4) is 11.4 Å². The first-order valence-electron chi connectivity index (χ1n) is 6.31. The fourth-order valence-electron chi connectivity index (χ4n) is 1.86. The van der Waals surface area contributed by atoms with Crippen LogP contribution in [0.3, 0.4) is 0 Å². The van der Waals surface area contributed by atoms with Crippen LogP contribution in [0.4, 0.5) is 0 Å². The van der Waals surface area contributed by atoms with Crippen LogP contribution in [0.5, 0.6) is 0 Å². The molecule has 0 aromatic carbocycles. The summed E-state index contributed by atoms with van der Waals surface area (Å²) in [6, 6.07) is 9.70. The van der Waals surface area contributed by atoms with Crippen LogP contribution in [0.1, 0.15) is 6.92 Å². The lowest BCUT2D eigenvalue weighted by molar-refractivity contribution is 0.686. The predicted octanol–water partition coefficient (Wildman–Crippen LogP) is 2.91. The largest absolute Gasteiger partial charge is 0.302 e. The standard InChI is InChI=1S/C14H13N5S/c1-2-19-13(11-6-9-15-10-7-11)17-18-14(19)20-12-5-3-4-8-16-12/h3-10H,2H2,1H3. The summed E-state index contributed by atoms with van der Waals surface area (Å²) in [4.78, 5) is 8.33. The van der Waals surface area contributed by atoms with Gasteiger partial charge < -0.3 is 4.57 Å². The maximum Gasteiger partial charge on any atom is 0.197 e. The van der Waals surface area contributed by atoms with Gasteiger partial charge >= 0.3 is 0 Å². The molecule has 0 N–H and O–H groups in total. The highest BCUT2D eigenvalue weighted by Gasteiger charge is 2.13. The Morgan fingerprint density at radius 1 is 1.05 bits per heavy atom. The Morgan fingerprint density at radius 3 is 2.60 bits per heavy atom. The molecule has 5 nitrogen and oxygen atoms in total. The quantitative estimate of drug-likeness (QED) is 0.737. The van der Waals surface area contributed by atoms with E-state index in [0.29, 0.717) is 0 Å². The van der Waals surface area contributed by atoms with E-state index in [1.165, 1.54) is 11.8 Å². The number of hydrogen-bond acceptors (Lipinski definition) is 5. The summed E-state index contributed by atoms with van der Waals surface area (Å²) >= 11 is 1.52. The van der Waals surface area contributed by atoms with Crippen molar-refractivity contribution in [2.75, 3.05) is 0 Å². The minimum absolute atomic E-state index is 0.805. The number of nitrogens with zero attached hydrogens (tertiary/aromatic N) is 5. The van der Waals surface area contributed by atoms with E-state index in [2.05, 4.69) is 31.7 Å². The van der Waals surface area contributed by atoms with E-state index >= 15 is 0 Å². The van der Waals surface area contributed by atoms with Crippen LogP contribution in [-0.2, 0) is 6.54 Å². The lowest BCUT2D eigenvalue weighted by Gasteiger charge is -2.06. The number of hydrogen-bond donors (Lipinski definition) is 0. The summed E-state index contributed by atoms with van der Waals surface area (Å²) in [6.45, 7) is 2.89. The second-order valence-electron chi connectivity index (χ2n) is 4.06. The topological polar surface area (TPSA) is 56.5 Å². The first-order valence-corrected chi connectivity index (χ1v) is 7.12. The van der Waals surface area contributed by atoms with Crippen LogP contribution in [0.2, 0.25) is 0 Å². The lowest BCUT2D eigenvalue weighted by atomic mass is 10.2. The van der Waals surface area contributed by atoms with E-state index in [9.17, 15) is 0 Å². The molecule has 0 radical (unpaired) electrons. The highest BCUT2D eigenvalue weighted by atomic mass is 32.2. The fourth-order valence-corrected chi connectivity index (χ4v) is 2.72. The Labute approximate surface area is 121 Å². The molecule has 0 atom stereocenters. The molecular weight excluding hydrogens is 270 g/mol. The third-order valence-electron chi connectivity index (χ3n) is 2.81. The van der Waals surface area contributed by atoms with Crippen molar-refractivity contribution in [1.29, 1.82) is 0 Å². The van der Waals surface area contributed by atoms with Gasteiger partial charge in [0.15, 0.2) is 11.0 Å². The summed E-state index contributed by atoms with van der Waals surface area (Å²) in [6.07, 6.45) is 5.30. The Kier molecular flexibility index (Phi) is 3.73. The van der Waals surface area contributed by atoms with E-state index in [-0.39, 0.29) is 0 Å². The van der Waals surface area contributed by atoms with Crippen molar-refractivity contribution < 1.29 is 0 Å². The summed E-state index contributed by atoms with van der Waals surface area (Å²) < 4.78 is 2.08. The maximum absolute atomic E-state index is 4.30.